The Morgan fingerprint density at radius 1 is 1.00 bits per heavy atom. The summed E-state index contributed by atoms with van der Waals surface area (Å²) in [5.41, 5.74) is 0.724. The first-order valence-electron chi connectivity index (χ1n) is 7.73. The van der Waals surface area contributed by atoms with Crippen LogP contribution in [0.2, 0.25) is 5.02 Å². The van der Waals surface area contributed by atoms with Crippen molar-refractivity contribution in [3.8, 4) is 0 Å². The van der Waals surface area contributed by atoms with Crippen LogP contribution in [0.3, 0.4) is 0 Å². The van der Waals surface area contributed by atoms with Gasteiger partial charge >= 0.3 is 0 Å². The number of carbonyl (C=O) groups excluding carboxylic acids is 1. The Morgan fingerprint density at radius 2 is 1.60 bits per heavy atom. The van der Waals surface area contributed by atoms with Gasteiger partial charge in [0.15, 0.2) is 0 Å². The van der Waals surface area contributed by atoms with Crippen molar-refractivity contribution in [1.82, 2.24) is 4.90 Å². The standard InChI is InChI=1S/C17H26ClNO/c1-3-5-6-7-8-9-14-19(4-2)17(20)15-10-12-16(18)13-11-15/h10-13H,3-9,14H2,1-2H3. The number of hydrogen-bond acceptors (Lipinski definition) is 1. The van der Waals surface area contributed by atoms with E-state index in [0.717, 1.165) is 25.1 Å². The van der Waals surface area contributed by atoms with Crippen molar-refractivity contribution >= 4 is 17.5 Å². The molecule has 1 rings (SSSR count). The minimum atomic E-state index is 0.109. The fourth-order valence-corrected chi connectivity index (χ4v) is 2.39. The number of rotatable bonds is 9. The Bertz CT molecular complexity index is 388. The Balaban J connectivity index is 2.37. The topological polar surface area (TPSA) is 20.3 Å². The molecule has 0 aliphatic rings. The zero-order valence-electron chi connectivity index (χ0n) is 12.7. The molecule has 0 atom stereocenters. The number of carbonyl (C=O) groups is 1. The van der Waals surface area contributed by atoms with E-state index < -0.39 is 0 Å². The van der Waals surface area contributed by atoms with Crippen molar-refractivity contribution in [3.05, 3.63) is 34.9 Å². The number of amides is 1. The fourth-order valence-electron chi connectivity index (χ4n) is 2.26. The number of nitrogens with zero attached hydrogens (tertiary/aromatic N) is 1. The summed E-state index contributed by atoms with van der Waals surface area (Å²) in [6.07, 6.45) is 7.49. The second-order valence-corrected chi connectivity index (χ2v) is 5.60. The molecule has 1 amide bonds. The molecule has 112 valence electrons. The summed E-state index contributed by atoms with van der Waals surface area (Å²) in [6.45, 7) is 5.87. The molecule has 3 heteroatoms. The van der Waals surface area contributed by atoms with Crippen LogP contribution in [0.5, 0.6) is 0 Å². The van der Waals surface area contributed by atoms with E-state index in [4.69, 9.17) is 11.6 Å². The lowest BCUT2D eigenvalue weighted by Crippen LogP contribution is -2.31. The van der Waals surface area contributed by atoms with E-state index in [-0.39, 0.29) is 5.91 Å². The van der Waals surface area contributed by atoms with Gasteiger partial charge in [0.2, 0.25) is 0 Å². The van der Waals surface area contributed by atoms with Gasteiger partial charge in [-0.25, -0.2) is 0 Å². The lowest BCUT2D eigenvalue weighted by Gasteiger charge is -2.21. The van der Waals surface area contributed by atoms with Crippen molar-refractivity contribution in [2.75, 3.05) is 13.1 Å². The van der Waals surface area contributed by atoms with Gasteiger partial charge in [-0.3, -0.25) is 4.79 Å². The molecule has 0 radical (unpaired) electrons. The first kappa shape index (κ1) is 17.0. The third-order valence-electron chi connectivity index (χ3n) is 3.54. The molecule has 0 aromatic heterocycles. The van der Waals surface area contributed by atoms with Crippen molar-refractivity contribution in [2.24, 2.45) is 0 Å². The summed E-state index contributed by atoms with van der Waals surface area (Å²) in [4.78, 5) is 14.3. The molecule has 20 heavy (non-hydrogen) atoms. The van der Waals surface area contributed by atoms with Crippen LogP contribution in [-0.2, 0) is 0 Å². The smallest absolute Gasteiger partial charge is 0.253 e. The van der Waals surface area contributed by atoms with E-state index >= 15 is 0 Å². The Hall–Kier alpha value is -1.02. The largest absolute Gasteiger partial charge is 0.339 e. The second kappa shape index (κ2) is 9.82. The highest BCUT2D eigenvalue weighted by Crippen LogP contribution is 2.12. The average Bonchev–Trinajstić information content (AvgIpc) is 2.47. The Labute approximate surface area is 128 Å². The molecule has 0 bridgehead atoms. The third kappa shape index (κ3) is 5.96. The van der Waals surface area contributed by atoms with Crippen molar-refractivity contribution in [1.29, 1.82) is 0 Å². The molecule has 2 nitrogen and oxygen atoms in total. The average molecular weight is 296 g/mol. The molecular weight excluding hydrogens is 270 g/mol. The van der Waals surface area contributed by atoms with Crippen LogP contribution in [-0.4, -0.2) is 23.9 Å². The summed E-state index contributed by atoms with van der Waals surface area (Å²) >= 11 is 5.85. The lowest BCUT2D eigenvalue weighted by molar-refractivity contribution is 0.0761. The summed E-state index contributed by atoms with van der Waals surface area (Å²) in [5, 5.41) is 0.667. The molecule has 0 N–H and O–H groups in total. The minimum Gasteiger partial charge on any atom is -0.339 e. The van der Waals surface area contributed by atoms with Gasteiger partial charge in [-0.2, -0.15) is 0 Å². The monoisotopic (exact) mass is 295 g/mol. The van der Waals surface area contributed by atoms with Crippen LogP contribution in [0.25, 0.3) is 0 Å². The molecule has 0 unspecified atom stereocenters. The summed E-state index contributed by atoms with van der Waals surface area (Å²) in [5.74, 6) is 0.109. The first-order chi connectivity index (χ1) is 9.69. The predicted molar refractivity (Wildman–Crippen MR) is 86.4 cm³/mol. The van der Waals surface area contributed by atoms with Crippen molar-refractivity contribution in [2.45, 2.75) is 52.4 Å². The predicted octanol–water partition coefficient (Wildman–Crippen LogP) is 5.16. The molecule has 1 aromatic rings. The summed E-state index contributed by atoms with van der Waals surface area (Å²) < 4.78 is 0. The minimum absolute atomic E-state index is 0.109. The highest BCUT2D eigenvalue weighted by Gasteiger charge is 2.13. The van der Waals surface area contributed by atoms with E-state index in [2.05, 4.69) is 6.92 Å². The molecule has 0 heterocycles. The highest BCUT2D eigenvalue weighted by atomic mass is 35.5. The quantitative estimate of drug-likeness (QED) is 0.576. The van der Waals surface area contributed by atoms with Crippen LogP contribution in [0.1, 0.15) is 62.7 Å². The van der Waals surface area contributed by atoms with E-state index in [1.807, 2.05) is 11.8 Å². The van der Waals surface area contributed by atoms with Gasteiger partial charge in [-0.1, -0.05) is 50.6 Å². The molecule has 0 saturated heterocycles. The number of benzene rings is 1. The van der Waals surface area contributed by atoms with Crippen LogP contribution in [0, 0.1) is 0 Å². The van der Waals surface area contributed by atoms with Gasteiger partial charge in [0.1, 0.15) is 0 Å². The second-order valence-electron chi connectivity index (χ2n) is 5.16. The van der Waals surface area contributed by atoms with Gasteiger partial charge in [0.25, 0.3) is 5.91 Å². The maximum atomic E-state index is 12.3. The van der Waals surface area contributed by atoms with Crippen molar-refractivity contribution < 1.29 is 4.79 Å². The molecule has 0 spiro atoms. The highest BCUT2D eigenvalue weighted by molar-refractivity contribution is 6.30. The van der Waals surface area contributed by atoms with Gasteiger partial charge < -0.3 is 4.90 Å². The maximum absolute atomic E-state index is 12.3. The van der Waals surface area contributed by atoms with Gasteiger partial charge in [0.05, 0.1) is 0 Å². The molecule has 0 fully saturated rings. The third-order valence-corrected chi connectivity index (χ3v) is 3.79. The first-order valence-corrected chi connectivity index (χ1v) is 8.11. The zero-order valence-corrected chi connectivity index (χ0v) is 13.5. The van der Waals surface area contributed by atoms with Gasteiger partial charge in [-0.15, -0.1) is 0 Å². The lowest BCUT2D eigenvalue weighted by atomic mass is 10.1. The molecule has 0 aliphatic heterocycles. The maximum Gasteiger partial charge on any atom is 0.253 e. The Morgan fingerprint density at radius 3 is 2.20 bits per heavy atom. The van der Waals surface area contributed by atoms with E-state index in [1.54, 1.807) is 24.3 Å². The van der Waals surface area contributed by atoms with Crippen LogP contribution in [0.4, 0.5) is 0 Å². The zero-order chi connectivity index (χ0) is 14.8. The SMILES string of the molecule is CCCCCCCCN(CC)C(=O)c1ccc(Cl)cc1. The van der Waals surface area contributed by atoms with Gasteiger partial charge in [0, 0.05) is 23.7 Å². The van der Waals surface area contributed by atoms with Crippen molar-refractivity contribution in [3.63, 3.8) is 0 Å². The van der Waals surface area contributed by atoms with Crippen LogP contribution in [0.15, 0.2) is 24.3 Å². The summed E-state index contributed by atoms with van der Waals surface area (Å²) in [7, 11) is 0. The fraction of sp³-hybridized carbons (Fsp3) is 0.588. The van der Waals surface area contributed by atoms with Crippen LogP contribution < -0.4 is 0 Å². The molecular formula is C17H26ClNO. The van der Waals surface area contributed by atoms with Gasteiger partial charge in [-0.05, 0) is 37.6 Å². The van der Waals surface area contributed by atoms with E-state index in [0.29, 0.717) is 5.02 Å². The van der Waals surface area contributed by atoms with E-state index in [1.165, 1.54) is 32.1 Å². The normalized spacial score (nSPS) is 10.6. The number of unbranched alkanes of at least 4 members (excludes halogenated alkanes) is 5. The van der Waals surface area contributed by atoms with Crippen LogP contribution >= 0.6 is 11.6 Å². The molecule has 0 saturated carbocycles. The molecule has 1 aromatic carbocycles. The number of halogens is 1. The number of hydrogen-bond donors (Lipinski definition) is 0. The van der Waals surface area contributed by atoms with E-state index in [9.17, 15) is 4.79 Å². The Kier molecular flexibility index (Phi) is 8.36. The summed E-state index contributed by atoms with van der Waals surface area (Å²) in [6, 6.07) is 7.14. The molecule has 0 aliphatic carbocycles.